The van der Waals surface area contributed by atoms with Crippen LogP contribution < -0.4 is 11.1 Å². The summed E-state index contributed by atoms with van der Waals surface area (Å²) < 4.78 is 5.13. The molecule has 3 N–H and O–H groups in total. The molecule has 0 saturated carbocycles. The molecule has 2 heterocycles. The molecule has 20 heavy (non-hydrogen) atoms. The Morgan fingerprint density at radius 3 is 2.85 bits per heavy atom. The van der Waals surface area contributed by atoms with E-state index in [1.54, 1.807) is 12.3 Å². The van der Waals surface area contributed by atoms with Gasteiger partial charge in [-0.2, -0.15) is 0 Å². The quantitative estimate of drug-likeness (QED) is 0.886. The van der Waals surface area contributed by atoms with Gasteiger partial charge in [0.25, 0.3) is 5.91 Å². The molecule has 0 aliphatic heterocycles. The minimum absolute atomic E-state index is 0.114. The Balaban J connectivity index is 2.02. The van der Waals surface area contributed by atoms with E-state index in [0.717, 1.165) is 17.0 Å². The van der Waals surface area contributed by atoms with Crippen molar-refractivity contribution in [2.75, 3.05) is 12.3 Å². The van der Waals surface area contributed by atoms with Gasteiger partial charge in [0.15, 0.2) is 0 Å². The van der Waals surface area contributed by atoms with Crippen LogP contribution in [0.2, 0.25) is 0 Å². The van der Waals surface area contributed by atoms with E-state index in [1.807, 2.05) is 20.8 Å². The number of hydrogen-bond donors (Lipinski definition) is 2. The van der Waals surface area contributed by atoms with Gasteiger partial charge in [0.1, 0.15) is 5.76 Å². The van der Waals surface area contributed by atoms with Crippen molar-refractivity contribution in [2.45, 2.75) is 26.7 Å². The fourth-order valence-electron chi connectivity index (χ4n) is 2.23. The van der Waals surface area contributed by atoms with E-state index >= 15 is 0 Å². The maximum Gasteiger partial charge on any atom is 0.254 e. The largest absolute Gasteiger partial charge is 0.398 e. The SMILES string of the molecule is Cc1noc(C)c1[C@@H](C)CNC(=O)c1cnccc1N. The van der Waals surface area contributed by atoms with E-state index < -0.39 is 0 Å². The molecule has 1 amide bonds. The lowest BCUT2D eigenvalue weighted by molar-refractivity contribution is 0.0952. The normalized spacial score (nSPS) is 12.2. The maximum absolute atomic E-state index is 12.0. The summed E-state index contributed by atoms with van der Waals surface area (Å²) in [5.74, 6) is 0.669. The first-order chi connectivity index (χ1) is 9.50. The molecule has 0 unspecified atom stereocenters. The molecule has 0 saturated heterocycles. The van der Waals surface area contributed by atoms with Crippen LogP contribution in [0.3, 0.4) is 0 Å². The third kappa shape index (κ3) is 2.79. The summed E-state index contributed by atoms with van der Waals surface area (Å²) in [4.78, 5) is 15.9. The number of rotatable bonds is 4. The Kier molecular flexibility index (Phi) is 4.02. The number of nitrogens with zero attached hydrogens (tertiary/aromatic N) is 2. The predicted octanol–water partition coefficient (Wildman–Crippen LogP) is 1.80. The summed E-state index contributed by atoms with van der Waals surface area (Å²) in [6, 6.07) is 1.60. The van der Waals surface area contributed by atoms with Crippen LogP contribution in [0.5, 0.6) is 0 Å². The summed E-state index contributed by atoms with van der Waals surface area (Å²) in [5.41, 5.74) is 8.44. The Morgan fingerprint density at radius 2 is 2.25 bits per heavy atom. The molecule has 0 aliphatic rings. The number of nitrogens with two attached hydrogens (primary N) is 1. The molecular formula is C14H18N4O2. The molecular weight excluding hydrogens is 256 g/mol. The van der Waals surface area contributed by atoms with Crippen molar-refractivity contribution in [1.29, 1.82) is 0 Å². The van der Waals surface area contributed by atoms with Crippen LogP contribution in [0.15, 0.2) is 23.0 Å². The molecule has 2 aromatic rings. The Hall–Kier alpha value is -2.37. The summed E-state index contributed by atoms with van der Waals surface area (Å²) in [6.07, 6.45) is 3.02. The van der Waals surface area contributed by atoms with Crippen molar-refractivity contribution in [3.63, 3.8) is 0 Å². The van der Waals surface area contributed by atoms with Crippen LogP contribution in [0, 0.1) is 13.8 Å². The number of aromatic nitrogens is 2. The second-order valence-corrected chi connectivity index (χ2v) is 4.81. The summed E-state index contributed by atoms with van der Waals surface area (Å²) >= 11 is 0. The lowest BCUT2D eigenvalue weighted by atomic mass is 9.99. The van der Waals surface area contributed by atoms with E-state index in [0.29, 0.717) is 17.8 Å². The zero-order chi connectivity index (χ0) is 14.7. The first kappa shape index (κ1) is 14.0. The molecule has 0 fully saturated rings. The monoisotopic (exact) mass is 274 g/mol. The second kappa shape index (κ2) is 5.73. The van der Waals surface area contributed by atoms with Gasteiger partial charge in [-0.05, 0) is 19.9 Å². The zero-order valence-corrected chi connectivity index (χ0v) is 11.8. The van der Waals surface area contributed by atoms with Crippen LogP contribution in [0.25, 0.3) is 0 Å². The number of carbonyl (C=O) groups is 1. The molecule has 0 aliphatic carbocycles. The van der Waals surface area contributed by atoms with E-state index in [1.165, 1.54) is 6.20 Å². The minimum Gasteiger partial charge on any atom is -0.398 e. The topological polar surface area (TPSA) is 94.0 Å². The van der Waals surface area contributed by atoms with Gasteiger partial charge in [-0.1, -0.05) is 12.1 Å². The number of pyridine rings is 1. The Labute approximate surface area is 117 Å². The Bertz CT molecular complexity index is 602. The second-order valence-electron chi connectivity index (χ2n) is 4.81. The third-order valence-corrected chi connectivity index (χ3v) is 3.25. The third-order valence-electron chi connectivity index (χ3n) is 3.25. The van der Waals surface area contributed by atoms with Crippen molar-refractivity contribution in [3.8, 4) is 0 Å². The lowest BCUT2D eigenvalue weighted by Gasteiger charge is -2.13. The van der Waals surface area contributed by atoms with Gasteiger partial charge < -0.3 is 15.6 Å². The molecule has 6 nitrogen and oxygen atoms in total. The summed E-state index contributed by atoms with van der Waals surface area (Å²) in [7, 11) is 0. The molecule has 0 spiro atoms. The number of aryl methyl sites for hydroxylation is 2. The average molecular weight is 274 g/mol. The first-order valence-corrected chi connectivity index (χ1v) is 6.41. The highest BCUT2D eigenvalue weighted by molar-refractivity contribution is 5.98. The summed E-state index contributed by atoms with van der Waals surface area (Å²) in [5, 5.41) is 6.77. The van der Waals surface area contributed by atoms with Gasteiger partial charge in [0, 0.05) is 36.1 Å². The van der Waals surface area contributed by atoms with Gasteiger partial charge >= 0.3 is 0 Å². The number of nitrogens with one attached hydrogen (secondary N) is 1. The van der Waals surface area contributed by atoms with Gasteiger partial charge in [-0.25, -0.2) is 0 Å². The van der Waals surface area contributed by atoms with Crippen molar-refractivity contribution in [2.24, 2.45) is 0 Å². The van der Waals surface area contributed by atoms with Crippen LogP contribution >= 0.6 is 0 Å². The molecule has 0 bridgehead atoms. The Morgan fingerprint density at radius 1 is 1.50 bits per heavy atom. The molecule has 0 radical (unpaired) electrons. The van der Waals surface area contributed by atoms with Crippen LogP contribution in [-0.4, -0.2) is 22.6 Å². The van der Waals surface area contributed by atoms with Crippen molar-refractivity contribution < 1.29 is 9.32 Å². The van der Waals surface area contributed by atoms with Gasteiger partial charge in [0.2, 0.25) is 0 Å². The van der Waals surface area contributed by atoms with E-state index in [9.17, 15) is 4.79 Å². The highest BCUT2D eigenvalue weighted by Crippen LogP contribution is 2.22. The molecule has 1 atom stereocenters. The van der Waals surface area contributed by atoms with Gasteiger partial charge in [-0.15, -0.1) is 0 Å². The van der Waals surface area contributed by atoms with Gasteiger partial charge in [-0.3, -0.25) is 9.78 Å². The van der Waals surface area contributed by atoms with E-state index in [-0.39, 0.29) is 11.8 Å². The zero-order valence-electron chi connectivity index (χ0n) is 11.8. The summed E-state index contributed by atoms with van der Waals surface area (Å²) in [6.45, 7) is 6.26. The van der Waals surface area contributed by atoms with E-state index in [2.05, 4.69) is 15.5 Å². The number of anilines is 1. The van der Waals surface area contributed by atoms with Gasteiger partial charge in [0.05, 0.1) is 11.3 Å². The molecule has 2 rings (SSSR count). The van der Waals surface area contributed by atoms with Crippen LogP contribution in [-0.2, 0) is 0 Å². The molecule has 6 heteroatoms. The fraction of sp³-hybridized carbons (Fsp3) is 0.357. The lowest BCUT2D eigenvalue weighted by Crippen LogP contribution is -2.28. The average Bonchev–Trinajstić information content (AvgIpc) is 2.76. The molecule has 0 aromatic carbocycles. The smallest absolute Gasteiger partial charge is 0.254 e. The number of nitrogen functional groups attached to an aromatic ring is 1. The van der Waals surface area contributed by atoms with Crippen molar-refractivity contribution in [3.05, 3.63) is 41.0 Å². The number of hydrogen-bond acceptors (Lipinski definition) is 5. The number of amides is 1. The molecule has 2 aromatic heterocycles. The molecule has 106 valence electrons. The highest BCUT2D eigenvalue weighted by atomic mass is 16.5. The van der Waals surface area contributed by atoms with Crippen molar-refractivity contribution >= 4 is 11.6 Å². The predicted molar refractivity (Wildman–Crippen MR) is 75.4 cm³/mol. The highest BCUT2D eigenvalue weighted by Gasteiger charge is 2.18. The van der Waals surface area contributed by atoms with Crippen LogP contribution in [0.4, 0.5) is 5.69 Å². The minimum atomic E-state index is -0.228. The standard InChI is InChI=1S/C14H18N4O2/c1-8(13-9(2)18-20-10(13)3)6-17-14(19)11-7-16-5-4-12(11)15/h4-5,7-8H,6H2,1-3H3,(H2,15,16)(H,17,19)/t8-/m0/s1. The van der Waals surface area contributed by atoms with E-state index in [4.69, 9.17) is 10.3 Å². The van der Waals surface area contributed by atoms with Crippen molar-refractivity contribution in [1.82, 2.24) is 15.5 Å². The van der Waals surface area contributed by atoms with Crippen LogP contribution in [0.1, 0.15) is 40.2 Å². The fourth-order valence-corrected chi connectivity index (χ4v) is 2.23. The number of carbonyl (C=O) groups excluding carboxylic acids is 1. The first-order valence-electron chi connectivity index (χ1n) is 6.41. The maximum atomic E-state index is 12.0.